The fourth-order valence-electron chi connectivity index (χ4n) is 5.03. The molecule has 208 valence electrons. The maximum absolute atomic E-state index is 13.7. The molecule has 1 aromatic carbocycles. The van der Waals surface area contributed by atoms with Crippen LogP contribution in [-0.4, -0.2) is 40.6 Å². The van der Waals surface area contributed by atoms with E-state index in [1.165, 1.54) is 11.3 Å². The zero-order chi connectivity index (χ0) is 27.8. The lowest BCUT2D eigenvalue weighted by Gasteiger charge is -2.60. The first-order chi connectivity index (χ1) is 18.0. The Labute approximate surface area is 229 Å². The molecule has 0 aliphatic heterocycles. The lowest BCUT2D eigenvalue weighted by molar-refractivity contribution is -0.535. The molecule has 2 heterocycles. The predicted octanol–water partition coefficient (Wildman–Crippen LogP) is 3.67. The molecule has 2 atom stereocenters. The largest absolute Gasteiger partial charge is 0.851 e. The minimum atomic E-state index is -1.24. The van der Waals surface area contributed by atoms with E-state index in [1.54, 1.807) is 4.68 Å². The van der Waals surface area contributed by atoms with Crippen LogP contribution in [0.25, 0.3) is 0 Å². The molecule has 1 fully saturated rings. The Morgan fingerprint density at radius 1 is 1.16 bits per heavy atom. The highest BCUT2D eigenvalue weighted by Crippen LogP contribution is 2.51. The van der Waals surface area contributed by atoms with Crippen molar-refractivity contribution in [2.75, 3.05) is 18.6 Å². The van der Waals surface area contributed by atoms with E-state index in [2.05, 4.69) is 24.2 Å². The molecule has 3 aromatic rings. The SMILES string of the molecule is CCCCOc1nc(N(C)Cc2ccccc2)sc1C1C([O-])C(c2c(C(C)C)[nH]n(C(C)(C)C)c2=O)C1[O-]. The van der Waals surface area contributed by atoms with E-state index in [9.17, 15) is 15.0 Å². The van der Waals surface area contributed by atoms with Gasteiger partial charge in [-0.3, -0.25) is 9.89 Å². The van der Waals surface area contributed by atoms with Crippen molar-refractivity contribution in [2.24, 2.45) is 0 Å². The van der Waals surface area contributed by atoms with E-state index >= 15 is 0 Å². The fourth-order valence-corrected chi connectivity index (χ4v) is 6.17. The van der Waals surface area contributed by atoms with Gasteiger partial charge in [0.2, 0.25) is 5.88 Å². The van der Waals surface area contributed by atoms with Gasteiger partial charge in [0.25, 0.3) is 5.56 Å². The van der Waals surface area contributed by atoms with Gasteiger partial charge in [-0.05, 0) is 50.5 Å². The Kier molecular flexibility index (Phi) is 8.40. The molecule has 8 nitrogen and oxygen atoms in total. The minimum Gasteiger partial charge on any atom is -0.851 e. The third-order valence-electron chi connectivity index (χ3n) is 7.19. The monoisotopic (exact) mass is 540 g/mol. The Balaban J connectivity index is 1.66. The quantitative estimate of drug-likeness (QED) is 0.393. The number of hydrogen-bond donors (Lipinski definition) is 1. The molecule has 1 aliphatic rings. The molecule has 0 bridgehead atoms. The van der Waals surface area contributed by atoms with E-state index in [0.717, 1.165) is 18.4 Å². The van der Waals surface area contributed by atoms with Gasteiger partial charge in [-0.1, -0.05) is 68.9 Å². The number of nitrogens with zero attached hydrogens (tertiary/aromatic N) is 3. The van der Waals surface area contributed by atoms with Crippen molar-refractivity contribution >= 4 is 16.5 Å². The second-order valence-corrected chi connectivity index (χ2v) is 12.6. The highest BCUT2D eigenvalue weighted by atomic mass is 32.1. The standard InChI is InChI=1S/C29H40N4O4S/c1-8-9-15-37-26-25(38-28(30-26)32(7)16-18-13-11-10-12-14-18)21-23(34)20(24(21)35)19-22(17(2)3)31-33(27(19)36)29(4,5)6/h10-14,17,20-21,23-24,31H,8-9,15-16H2,1-7H3/q-2. The van der Waals surface area contributed by atoms with Gasteiger partial charge in [0, 0.05) is 24.8 Å². The summed E-state index contributed by atoms with van der Waals surface area (Å²) in [4.78, 5) is 20.8. The zero-order valence-corrected chi connectivity index (χ0v) is 24.3. The number of ether oxygens (including phenoxy) is 1. The Bertz CT molecular complexity index is 1260. The second-order valence-electron chi connectivity index (χ2n) is 11.6. The summed E-state index contributed by atoms with van der Waals surface area (Å²) in [5.74, 6) is -1.34. The summed E-state index contributed by atoms with van der Waals surface area (Å²) in [6, 6.07) is 10.1. The topological polar surface area (TPSA) is 109 Å². The first kappa shape index (κ1) is 28.4. The molecular formula is C29H40N4O4S-2. The Morgan fingerprint density at radius 3 is 2.39 bits per heavy atom. The smallest absolute Gasteiger partial charge is 0.270 e. The van der Waals surface area contributed by atoms with Crippen LogP contribution in [0.5, 0.6) is 5.88 Å². The van der Waals surface area contributed by atoms with E-state index in [1.807, 2.05) is 64.8 Å². The molecule has 4 rings (SSSR count). The van der Waals surface area contributed by atoms with E-state index in [-0.39, 0.29) is 11.5 Å². The lowest BCUT2D eigenvalue weighted by Crippen LogP contribution is -2.64. The van der Waals surface area contributed by atoms with Crippen molar-refractivity contribution < 1.29 is 14.9 Å². The molecule has 2 aromatic heterocycles. The molecule has 0 spiro atoms. The van der Waals surface area contributed by atoms with Crippen LogP contribution in [0.15, 0.2) is 35.1 Å². The first-order valence-electron chi connectivity index (χ1n) is 13.5. The van der Waals surface area contributed by atoms with E-state index in [0.29, 0.717) is 40.3 Å². The van der Waals surface area contributed by atoms with Gasteiger partial charge in [0.1, 0.15) is 0 Å². The molecule has 9 heteroatoms. The van der Waals surface area contributed by atoms with Crippen molar-refractivity contribution in [2.45, 2.75) is 96.4 Å². The van der Waals surface area contributed by atoms with E-state index < -0.39 is 29.6 Å². The Morgan fingerprint density at radius 2 is 1.82 bits per heavy atom. The van der Waals surface area contributed by atoms with Gasteiger partial charge in [0.15, 0.2) is 5.13 Å². The summed E-state index contributed by atoms with van der Waals surface area (Å²) >= 11 is 1.36. The van der Waals surface area contributed by atoms with Crippen LogP contribution >= 0.6 is 11.3 Å². The summed E-state index contributed by atoms with van der Waals surface area (Å²) in [6.45, 7) is 12.9. The van der Waals surface area contributed by atoms with Gasteiger partial charge in [0.05, 0.1) is 17.0 Å². The summed E-state index contributed by atoms with van der Waals surface area (Å²) in [5, 5.41) is 31.4. The van der Waals surface area contributed by atoms with Gasteiger partial charge in [-0.15, -0.1) is 12.2 Å². The van der Waals surface area contributed by atoms with Crippen LogP contribution in [0.2, 0.25) is 0 Å². The van der Waals surface area contributed by atoms with Crippen LogP contribution < -0.4 is 25.4 Å². The van der Waals surface area contributed by atoms with Crippen molar-refractivity contribution in [3.63, 3.8) is 0 Å². The molecule has 0 saturated heterocycles. The molecule has 0 radical (unpaired) electrons. The van der Waals surface area contributed by atoms with Gasteiger partial charge in [-0.2, -0.15) is 4.98 Å². The van der Waals surface area contributed by atoms with Crippen molar-refractivity contribution in [3.8, 4) is 5.88 Å². The number of unbranched alkanes of at least 4 members (excludes halogenated alkanes) is 1. The van der Waals surface area contributed by atoms with Crippen LogP contribution in [0.4, 0.5) is 5.13 Å². The van der Waals surface area contributed by atoms with Crippen molar-refractivity contribution in [3.05, 3.63) is 62.4 Å². The molecule has 0 amide bonds. The van der Waals surface area contributed by atoms with Crippen LogP contribution in [0, 0.1) is 0 Å². The van der Waals surface area contributed by atoms with Crippen LogP contribution in [0.1, 0.15) is 93.8 Å². The molecule has 38 heavy (non-hydrogen) atoms. The third-order valence-corrected chi connectivity index (χ3v) is 8.44. The number of H-pyrrole nitrogens is 1. The molecular weight excluding hydrogens is 500 g/mol. The number of aromatic amines is 1. The molecule has 1 aliphatic carbocycles. The summed E-state index contributed by atoms with van der Waals surface area (Å²) in [7, 11) is 1.95. The van der Waals surface area contributed by atoms with Crippen molar-refractivity contribution in [1.82, 2.24) is 14.8 Å². The lowest BCUT2D eigenvalue weighted by atomic mass is 9.65. The maximum Gasteiger partial charge on any atom is 0.270 e. The van der Waals surface area contributed by atoms with Gasteiger partial charge in [-0.25, -0.2) is 4.68 Å². The predicted molar refractivity (Wildman–Crippen MR) is 148 cm³/mol. The van der Waals surface area contributed by atoms with Crippen LogP contribution in [0.3, 0.4) is 0 Å². The van der Waals surface area contributed by atoms with Crippen molar-refractivity contribution in [1.29, 1.82) is 0 Å². The fraction of sp³-hybridized carbons (Fsp3) is 0.586. The summed E-state index contributed by atoms with van der Waals surface area (Å²) < 4.78 is 7.56. The zero-order valence-electron chi connectivity index (χ0n) is 23.5. The molecule has 1 saturated carbocycles. The highest BCUT2D eigenvalue weighted by Gasteiger charge is 2.45. The number of aromatic nitrogens is 3. The number of benzene rings is 1. The summed E-state index contributed by atoms with van der Waals surface area (Å²) in [5.41, 5.74) is 1.41. The summed E-state index contributed by atoms with van der Waals surface area (Å²) in [6.07, 6.45) is -0.665. The first-order valence-corrected chi connectivity index (χ1v) is 14.3. The number of nitrogens with one attached hydrogen (secondary N) is 1. The average molecular weight is 541 g/mol. The molecule has 2 unspecified atom stereocenters. The normalized spacial score (nSPS) is 21.5. The number of thiazole rings is 1. The third kappa shape index (κ3) is 5.42. The van der Waals surface area contributed by atoms with Gasteiger partial charge < -0.3 is 19.8 Å². The Hall–Kier alpha value is -2.62. The number of rotatable bonds is 10. The molecule has 1 N–H and O–H groups in total. The van der Waals surface area contributed by atoms with Crippen LogP contribution in [-0.2, 0) is 12.1 Å². The number of anilines is 1. The maximum atomic E-state index is 13.7. The number of hydrogen-bond acceptors (Lipinski definition) is 7. The second kappa shape index (κ2) is 11.2. The average Bonchev–Trinajstić information content (AvgIpc) is 3.42. The van der Waals surface area contributed by atoms with Gasteiger partial charge >= 0.3 is 0 Å². The van der Waals surface area contributed by atoms with E-state index in [4.69, 9.17) is 9.72 Å². The minimum absolute atomic E-state index is 0.0191. The highest BCUT2D eigenvalue weighted by molar-refractivity contribution is 7.16.